The molecule has 1 unspecified atom stereocenters. The minimum Gasteiger partial charge on any atom is -0.394 e. The predicted molar refractivity (Wildman–Crippen MR) is 79.2 cm³/mol. The minimum absolute atomic E-state index is 0.00587. The summed E-state index contributed by atoms with van der Waals surface area (Å²) < 4.78 is 1.12. The Morgan fingerprint density at radius 2 is 2.22 bits per heavy atom. The molecule has 0 saturated carbocycles. The molecule has 1 fully saturated rings. The smallest absolute Gasteiger partial charge is 0.0651 e. The molecule has 2 N–H and O–H groups in total. The molecule has 0 aromatic heterocycles. The van der Waals surface area contributed by atoms with E-state index in [4.69, 9.17) is 0 Å². The van der Waals surface area contributed by atoms with Crippen LogP contribution in [0.3, 0.4) is 0 Å². The van der Waals surface area contributed by atoms with E-state index in [9.17, 15) is 5.11 Å². The van der Waals surface area contributed by atoms with Gasteiger partial charge in [0.1, 0.15) is 0 Å². The van der Waals surface area contributed by atoms with Crippen LogP contribution in [0.1, 0.15) is 19.4 Å². The van der Waals surface area contributed by atoms with E-state index in [0.29, 0.717) is 0 Å². The van der Waals surface area contributed by atoms with Gasteiger partial charge in [0.2, 0.25) is 0 Å². The summed E-state index contributed by atoms with van der Waals surface area (Å²) in [6, 6.07) is 6.51. The number of hydrogen-bond acceptors (Lipinski definition) is 3. The SMILES string of the molecule is Cc1cc(N2C(CO)CNCC2(C)C)ccc1Br. The average Bonchev–Trinajstić information content (AvgIpc) is 2.31. The lowest BCUT2D eigenvalue weighted by atomic mass is 9.95. The van der Waals surface area contributed by atoms with Crippen molar-refractivity contribution in [3.63, 3.8) is 0 Å². The van der Waals surface area contributed by atoms with Crippen LogP contribution in [0.15, 0.2) is 22.7 Å². The van der Waals surface area contributed by atoms with Crippen LogP contribution in [-0.2, 0) is 0 Å². The molecule has 0 radical (unpaired) electrons. The van der Waals surface area contributed by atoms with Gasteiger partial charge in [0.15, 0.2) is 0 Å². The summed E-state index contributed by atoms with van der Waals surface area (Å²) in [6.45, 7) is 8.44. The standard InChI is InChI=1S/C14H21BrN2O/c1-10-6-11(4-5-13(10)15)17-12(8-18)7-16-9-14(17,2)3/h4-6,12,16,18H,7-9H2,1-3H3. The van der Waals surface area contributed by atoms with Crippen LogP contribution in [0.5, 0.6) is 0 Å². The third-order valence-electron chi connectivity index (χ3n) is 3.59. The lowest BCUT2D eigenvalue weighted by Crippen LogP contribution is -2.64. The zero-order valence-electron chi connectivity index (χ0n) is 11.2. The fraction of sp³-hybridized carbons (Fsp3) is 0.571. The Morgan fingerprint density at radius 3 is 2.83 bits per heavy atom. The summed E-state index contributed by atoms with van der Waals surface area (Å²) in [7, 11) is 0. The largest absolute Gasteiger partial charge is 0.394 e. The molecule has 4 heteroatoms. The summed E-state index contributed by atoms with van der Waals surface area (Å²) in [5.74, 6) is 0. The van der Waals surface area contributed by atoms with E-state index in [2.05, 4.69) is 65.1 Å². The number of aryl methyl sites for hydroxylation is 1. The monoisotopic (exact) mass is 312 g/mol. The van der Waals surface area contributed by atoms with Gasteiger partial charge >= 0.3 is 0 Å². The number of rotatable bonds is 2. The summed E-state index contributed by atoms with van der Waals surface area (Å²) in [5, 5.41) is 13.0. The van der Waals surface area contributed by atoms with Gasteiger partial charge in [-0.05, 0) is 44.5 Å². The number of benzene rings is 1. The predicted octanol–water partition coefficient (Wildman–Crippen LogP) is 2.31. The highest BCUT2D eigenvalue weighted by Crippen LogP contribution is 2.31. The normalized spacial score (nSPS) is 23.2. The maximum Gasteiger partial charge on any atom is 0.0651 e. The van der Waals surface area contributed by atoms with Gasteiger partial charge in [-0.1, -0.05) is 15.9 Å². The fourth-order valence-corrected chi connectivity index (χ4v) is 2.95. The van der Waals surface area contributed by atoms with Crippen molar-refractivity contribution in [1.29, 1.82) is 0 Å². The van der Waals surface area contributed by atoms with Crippen molar-refractivity contribution < 1.29 is 5.11 Å². The molecule has 0 amide bonds. The first kappa shape index (κ1) is 13.8. The zero-order chi connectivity index (χ0) is 13.3. The second-order valence-corrected chi connectivity index (χ2v) is 6.44. The van der Waals surface area contributed by atoms with Crippen LogP contribution in [-0.4, -0.2) is 36.4 Å². The first-order valence-electron chi connectivity index (χ1n) is 6.33. The van der Waals surface area contributed by atoms with Gasteiger partial charge < -0.3 is 15.3 Å². The van der Waals surface area contributed by atoms with Crippen molar-refractivity contribution in [2.45, 2.75) is 32.4 Å². The molecule has 18 heavy (non-hydrogen) atoms. The number of hydrogen-bond donors (Lipinski definition) is 2. The summed E-state index contributed by atoms with van der Waals surface area (Å²) >= 11 is 3.53. The maximum atomic E-state index is 9.59. The molecule has 1 aliphatic rings. The molecule has 1 atom stereocenters. The van der Waals surface area contributed by atoms with Gasteiger partial charge in [-0.2, -0.15) is 0 Å². The van der Waals surface area contributed by atoms with E-state index in [-0.39, 0.29) is 18.2 Å². The average molecular weight is 313 g/mol. The van der Waals surface area contributed by atoms with Crippen LogP contribution in [0.25, 0.3) is 0 Å². The lowest BCUT2D eigenvalue weighted by Gasteiger charge is -2.49. The van der Waals surface area contributed by atoms with Gasteiger partial charge in [0.25, 0.3) is 0 Å². The van der Waals surface area contributed by atoms with Crippen LogP contribution >= 0.6 is 15.9 Å². The fourth-order valence-electron chi connectivity index (χ4n) is 2.70. The van der Waals surface area contributed by atoms with Crippen molar-refractivity contribution in [2.75, 3.05) is 24.6 Å². The summed E-state index contributed by atoms with van der Waals surface area (Å²) in [4.78, 5) is 2.34. The van der Waals surface area contributed by atoms with Crippen LogP contribution in [0.2, 0.25) is 0 Å². The van der Waals surface area contributed by atoms with E-state index in [1.54, 1.807) is 0 Å². The van der Waals surface area contributed by atoms with Crippen LogP contribution in [0, 0.1) is 6.92 Å². The molecule has 100 valence electrons. The van der Waals surface area contributed by atoms with Gasteiger partial charge in [-0.15, -0.1) is 0 Å². The van der Waals surface area contributed by atoms with Gasteiger partial charge in [0, 0.05) is 28.8 Å². The lowest BCUT2D eigenvalue weighted by molar-refractivity contribution is 0.212. The number of anilines is 1. The van der Waals surface area contributed by atoms with Gasteiger partial charge in [-0.25, -0.2) is 0 Å². The highest BCUT2D eigenvalue weighted by Gasteiger charge is 2.36. The number of nitrogens with zero attached hydrogens (tertiary/aromatic N) is 1. The number of aliphatic hydroxyl groups excluding tert-OH is 1. The number of halogens is 1. The topological polar surface area (TPSA) is 35.5 Å². The van der Waals surface area contributed by atoms with Crippen molar-refractivity contribution in [3.05, 3.63) is 28.2 Å². The molecule has 2 rings (SSSR count). The maximum absolute atomic E-state index is 9.59. The second-order valence-electron chi connectivity index (χ2n) is 5.58. The summed E-state index contributed by atoms with van der Waals surface area (Å²) in [6.07, 6.45) is 0. The first-order valence-corrected chi connectivity index (χ1v) is 7.12. The number of aliphatic hydroxyl groups is 1. The van der Waals surface area contributed by atoms with Crippen LogP contribution < -0.4 is 10.2 Å². The van der Waals surface area contributed by atoms with Crippen LogP contribution in [0.4, 0.5) is 5.69 Å². The number of piperazine rings is 1. The van der Waals surface area contributed by atoms with Gasteiger partial charge in [0.05, 0.1) is 12.6 Å². The summed E-state index contributed by atoms with van der Waals surface area (Å²) in [5.41, 5.74) is 2.41. The Bertz CT molecular complexity index is 434. The first-order chi connectivity index (χ1) is 8.45. The molecule has 0 bridgehead atoms. The van der Waals surface area contributed by atoms with Crippen molar-refractivity contribution in [1.82, 2.24) is 5.32 Å². The zero-order valence-corrected chi connectivity index (χ0v) is 12.8. The Balaban J connectivity index is 2.40. The molecule has 1 saturated heterocycles. The quantitative estimate of drug-likeness (QED) is 0.879. The Hall–Kier alpha value is -0.580. The highest BCUT2D eigenvalue weighted by atomic mass is 79.9. The molecule has 1 aromatic carbocycles. The number of nitrogens with one attached hydrogen (secondary N) is 1. The molecule has 1 heterocycles. The third-order valence-corrected chi connectivity index (χ3v) is 4.48. The Labute approximate surface area is 117 Å². The Kier molecular flexibility index (Phi) is 3.99. The van der Waals surface area contributed by atoms with E-state index in [1.807, 2.05) is 0 Å². The molecule has 1 aliphatic heterocycles. The van der Waals surface area contributed by atoms with Crippen molar-refractivity contribution in [3.8, 4) is 0 Å². The van der Waals surface area contributed by atoms with E-state index in [1.165, 1.54) is 11.3 Å². The molecule has 0 aliphatic carbocycles. The third kappa shape index (κ3) is 2.56. The van der Waals surface area contributed by atoms with Crippen molar-refractivity contribution >= 4 is 21.6 Å². The van der Waals surface area contributed by atoms with Gasteiger partial charge in [-0.3, -0.25) is 0 Å². The van der Waals surface area contributed by atoms with E-state index >= 15 is 0 Å². The molecule has 1 aromatic rings. The highest BCUT2D eigenvalue weighted by molar-refractivity contribution is 9.10. The molecular weight excluding hydrogens is 292 g/mol. The minimum atomic E-state index is 0.00587. The second kappa shape index (κ2) is 5.19. The van der Waals surface area contributed by atoms with Crippen molar-refractivity contribution in [2.24, 2.45) is 0 Å². The Morgan fingerprint density at radius 1 is 1.50 bits per heavy atom. The molecule has 0 spiro atoms. The molecule has 3 nitrogen and oxygen atoms in total. The van der Waals surface area contributed by atoms with E-state index < -0.39 is 0 Å². The van der Waals surface area contributed by atoms with E-state index in [0.717, 1.165) is 17.6 Å². The molecular formula is C14H21BrN2O.